The first kappa shape index (κ1) is 6.76. The van der Waals surface area contributed by atoms with Crippen LogP contribution in [0.15, 0.2) is 18.3 Å². The minimum atomic E-state index is 0.121. The van der Waals surface area contributed by atoms with E-state index in [1.807, 2.05) is 11.0 Å². The molecule has 1 aromatic rings. The van der Waals surface area contributed by atoms with E-state index in [1.165, 1.54) is 5.56 Å². The molecule has 0 atom stereocenters. The zero-order valence-electron chi connectivity index (χ0n) is 6.20. The van der Waals surface area contributed by atoms with Crippen molar-refractivity contribution in [2.75, 3.05) is 6.73 Å². The van der Waals surface area contributed by atoms with Gasteiger partial charge >= 0.3 is 0 Å². The van der Waals surface area contributed by atoms with Crippen LogP contribution < -0.4 is 0 Å². The Morgan fingerprint density at radius 3 is 3.18 bits per heavy atom. The molecule has 58 valence electrons. The standard InChI is InChI=1S/C8H10N2O/c11-6-10-4-7-2-1-3-9-8(7)5-10/h1-3,11H,4-6H2. The van der Waals surface area contributed by atoms with Crippen molar-refractivity contribution in [3.05, 3.63) is 29.6 Å². The van der Waals surface area contributed by atoms with Crippen molar-refractivity contribution >= 4 is 0 Å². The molecule has 0 saturated carbocycles. The second-order valence-corrected chi connectivity index (χ2v) is 2.74. The molecule has 2 heterocycles. The molecule has 1 aliphatic heterocycles. The predicted molar refractivity (Wildman–Crippen MR) is 40.6 cm³/mol. The van der Waals surface area contributed by atoms with Crippen LogP contribution in [0.2, 0.25) is 0 Å². The summed E-state index contributed by atoms with van der Waals surface area (Å²) >= 11 is 0. The van der Waals surface area contributed by atoms with Crippen LogP contribution in [0.5, 0.6) is 0 Å². The van der Waals surface area contributed by atoms with Gasteiger partial charge in [-0.3, -0.25) is 9.88 Å². The van der Waals surface area contributed by atoms with Crippen molar-refractivity contribution in [1.29, 1.82) is 0 Å². The van der Waals surface area contributed by atoms with E-state index < -0.39 is 0 Å². The Morgan fingerprint density at radius 2 is 2.45 bits per heavy atom. The van der Waals surface area contributed by atoms with Gasteiger partial charge in [-0.1, -0.05) is 6.07 Å². The summed E-state index contributed by atoms with van der Waals surface area (Å²) in [6.07, 6.45) is 1.79. The Morgan fingerprint density at radius 1 is 1.55 bits per heavy atom. The van der Waals surface area contributed by atoms with E-state index in [1.54, 1.807) is 6.20 Å². The number of pyridine rings is 1. The fourth-order valence-electron chi connectivity index (χ4n) is 1.37. The quantitative estimate of drug-likeness (QED) is 0.627. The van der Waals surface area contributed by atoms with Crippen LogP contribution in [0.25, 0.3) is 0 Å². The van der Waals surface area contributed by atoms with Gasteiger partial charge in [0.05, 0.1) is 12.4 Å². The van der Waals surface area contributed by atoms with Crippen LogP contribution in [0.3, 0.4) is 0 Å². The van der Waals surface area contributed by atoms with Crippen molar-refractivity contribution in [2.24, 2.45) is 0 Å². The largest absolute Gasteiger partial charge is 0.381 e. The molecule has 1 N–H and O–H groups in total. The molecule has 3 nitrogen and oxygen atoms in total. The minimum Gasteiger partial charge on any atom is -0.381 e. The highest BCUT2D eigenvalue weighted by molar-refractivity contribution is 5.23. The van der Waals surface area contributed by atoms with Gasteiger partial charge in [-0.05, 0) is 11.6 Å². The third-order valence-electron chi connectivity index (χ3n) is 1.95. The SMILES string of the molecule is OCN1Cc2cccnc2C1. The van der Waals surface area contributed by atoms with Crippen molar-refractivity contribution in [2.45, 2.75) is 13.1 Å². The third kappa shape index (κ3) is 1.13. The normalized spacial score (nSPS) is 16.8. The van der Waals surface area contributed by atoms with Gasteiger partial charge in [-0.15, -0.1) is 0 Å². The zero-order chi connectivity index (χ0) is 7.68. The van der Waals surface area contributed by atoms with Crippen molar-refractivity contribution in [3.8, 4) is 0 Å². The van der Waals surface area contributed by atoms with Gasteiger partial charge in [-0.25, -0.2) is 0 Å². The second-order valence-electron chi connectivity index (χ2n) is 2.74. The molecule has 1 aliphatic rings. The highest BCUT2D eigenvalue weighted by Gasteiger charge is 2.17. The molecule has 0 radical (unpaired) electrons. The summed E-state index contributed by atoms with van der Waals surface area (Å²) in [5.74, 6) is 0. The number of hydrogen-bond acceptors (Lipinski definition) is 3. The van der Waals surface area contributed by atoms with E-state index in [9.17, 15) is 0 Å². The summed E-state index contributed by atoms with van der Waals surface area (Å²) in [6, 6.07) is 3.98. The molecule has 0 bridgehead atoms. The minimum absolute atomic E-state index is 0.121. The van der Waals surface area contributed by atoms with Crippen LogP contribution in [-0.2, 0) is 13.1 Å². The van der Waals surface area contributed by atoms with Crippen molar-refractivity contribution < 1.29 is 5.11 Å². The van der Waals surface area contributed by atoms with E-state index in [0.29, 0.717) is 0 Å². The summed E-state index contributed by atoms with van der Waals surface area (Å²) in [5.41, 5.74) is 2.34. The number of rotatable bonds is 1. The van der Waals surface area contributed by atoms with E-state index in [0.717, 1.165) is 18.8 Å². The summed E-state index contributed by atoms with van der Waals surface area (Å²) in [4.78, 5) is 6.15. The zero-order valence-corrected chi connectivity index (χ0v) is 6.20. The average molecular weight is 150 g/mol. The first-order chi connectivity index (χ1) is 5.40. The van der Waals surface area contributed by atoms with Gasteiger partial charge in [0, 0.05) is 19.3 Å². The smallest absolute Gasteiger partial charge is 0.0962 e. The van der Waals surface area contributed by atoms with E-state index >= 15 is 0 Å². The molecule has 0 aliphatic carbocycles. The monoisotopic (exact) mass is 150 g/mol. The lowest BCUT2D eigenvalue weighted by Crippen LogP contribution is -2.16. The Hall–Kier alpha value is -0.930. The molecule has 0 amide bonds. The van der Waals surface area contributed by atoms with Gasteiger partial charge in [0.25, 0.3) is 0 Å². The molecule has 3 heteroatoms. The lowest BCUT2D eigenvalue weighted by molar-refractivity contribution is 0.105. The van der Waals surface area contributed by atoms with E-state index in [-0.39, 0.29) is 6.73 Å². The van der Waals surface area contributed by atoms with Crippen LogP contribution in [0.4, 0.5) is 0 Å². The molecule has 11 heavy (non-hydrogen) atoms. The topological polar surface area (TPSA) is 36.4 Å². The summed E-state index contributed by atoms with van der Waals surface area (Å²) in [6.45, 7) is 1.74. The summed E-state index contributed by atoms with van der Waals surface area (Å²) < 4.78 is 0. The number of aliphatic hydroxyl groups is 1. The number of fused-ring (bicyclic) bond motifs is 1. The first-order valence-corrected chi connectivity index (χ1v) is 3.66. The van der Waals surface area contributed by atoms with E-state index in [4.69, 9.17) is 5.11 Å². The van der Waals surface area contributed by atoms with Crippen LogP contribution >= 0.6 is 0 Å². The Kier molecular flexibility index (Phi) is 1.60. The number of hydrogen-bond donors (Lipinski definition) is 1. The Bertz CT molecular complexity index is 237. The van der Waals surface area contributed by atoms with E-state index in [2.05, 4.69) is 11.1 Å². The number of aromatic nitrogens is 1. The predicted octanol–water partition coefficient (Wildman–Crippen LogP) is 0.347. The Labute approximate surface area is 65.3 Å². The summed E-state index contributed by atoms with van der Waals surface area (Å²) in [7, 11) is 0. The highest BCUT2D eigenvalue weighted by atomic mass is 16.3. The molecule has 1 aromatic heterocycles. The molecule has 0 spiro atoms. The van der Waals surface area contributed by atoms with Crippen LogP contribution in [-0.4, -0.2) is 21.7 Å². The highest BCUT2D eigenvalue weighted by Crippen LogP contribution is 2.18. The molecule has 0 saturated heterocycles. The maximum atomic E-state index is 8.84. The lowest BCUT2D eigenvalue weighted by atomic mass is 10.2. The van der Waals surface area contributed by atoms with Crippen LogP contribution in [0, 0.1) is 0 Å². The van der Waals surface area contributed by atoms with Gasteiger partial charge in [0.1, 0.15) is 0 Å². The molecule has 0 unspecified atom stereocenters. The molecule has 2 rings (SSSR count). The summed E-state index contributed by atoms with van der Waals surface area (Å²) in [5, 5.41) is 8.84. The molecule has 0 fully saturated rings. The van der Waals surface area contributed by atoms with Crippen molar-refractivity contribution in [3.63, 3.8) is 0 Å². The van der Waals surface area contributed by atoms with Gasteiger partial charge in [0.15, 0.2) is 0 Å². The number of nitrogens with zero attached hydrogens (tertiary/aromatic N) is 2. The Balaban J connectivity index is 2.27. The lowest BCUT2D eigenvalue weighted by Gasteiger charge is -2.07. The molecular weight excluding hydrogens is 140 g/mol. The van der Waals surface area contributed by atoms with Gasteiger partial charge in [-0.2, -0.15) is 0 Å². The maximum Gasteiger partial charge on any atom is 0.0962 e. The molecule has 0 aromatic carbocycles. The second kappa shape index (κ2) is 2.60. The molecular formula is C8H10N2O. The maximum absolute atomic E-state index is 8.84. The third-order valence-corrected chi connectivity index (χ3v) is 1.95. The fourth-order valence-corrected chi connectivity index (χ4v) is 1.37. The number of aliphatic hydroxyl groups excluding tert-OH is 1. The van der Waals surface area contributed by atoms with Gasteiger partial charge < -0.3 is 5.11 Å². The van der Waals surface area contributed by atoms with Crippen molar-refractivity contribution in [1.82, 2.24) is 9.88 Å². The first-order valence-electron chi connectivity index (χ1n) is 3.66. The van der Waals surface area contributed by atoms with Crippen LogP contribution in [0.1, 0.15) is 11.3 Å². The average Bonchev–Trinajstić information content (AvgIpc) is 2.46. The fraction of sp³-hybridized carbons (Fsp3) is 0.375. The van der Waals surface area contributed by atoms with Gasteiger partial charge in [0.2, 0.25) is 0 Å².